The number of hydrogen-bond acceptors (Lipinski definition) is 4. The van der Waals surface area contributed by atoms with Gasteiger partial charge < -0.3 is 10.1 Å². The van der Waals surface area contributed by atoms with Crippen molar-refractivity contribution in [1.82, 2.24) is 15.2 Å². The Morgan fingerprint density at radius 1 is 1.50 bits per heavy atom. The molecule has 20 heavy (non-hydrogen) atoms. The van der Waals surface area contributed by atoms with Gasteiger partial charge in [-0.25, -0.2) is 0 Å². The predicted molar refractivity (Wildman–Crippen MR) is 82.1 cm³/mol. The van der Waals surface area contributed by atoms with Gasteiger partial charge in [0.05, 0.1) is 12.8 Å². The smallest absolute Gasteiger partial charge is 0.122 e. The van der Waals surface area contributed by atoms with Crippen molar-refractivity contribution in [2.75, 3.05) is 20.2 Å². The summed E-state index contributed by atoms with van der Waals surface area (Å²) in [4.78, 5) is 7.21. The van der Waals surface area contributed by atoms with E-state index in [0.29, 0.717) is 6.04 Å². The Kier molecular flexibility index (Phi) is 4.66. The number of ether oxygens (including phenoxy) is 1. The van der Waals surface area contributed by atoms with Gasteiger partial charge in [-0.15, -0.1) is 0 Å². The molecular formula is C16H27N3O. The molecule has 2 rings (SSSR count). The predicted octanol–water partition coefficient (Wildman–Crippen LogP) is 2.36. The Morgan fingerprint density at radius 3 is 2.90 bits per heavy atom. The average Bonchev–Trinajstić information content (AvgIpc) is 2.42. The molecule has 1 aliphatic rings. The molecule has 112 valence electrons. The van der Waals surface area contributed by atoms with Crippen LogP contribution in [0.4, 0.5) is 0 Å². The highest BCUT2D eigenvalue weighted by Crippen LogP contribution is 2.25. The zero-order chi connectivity index (χ0) is 14.8. The van der Waals surface area contributed by atoms with Crippen LogP contribution in [0.3, 0.4) is 0 Å². The minimum Gasteiger partial charge on any atom is -0.497 e. The van der Waals surface area contributed by atoms with E-state index in [0.717, 1.165) is 43.2 Å². The summed E-state index contributed by atoms with van der Waals surface area (Å²) < 4.78 is 5.35. The monoisotopic (exact) mass is 277 g/mol. The lowest BCUT2D eigenvalue weighted by atomic mass is 9.92. The van der Waals surface area contributed by atoms with Crippen molar-refractivity contribution in [3.05, 3.63) is 23.5 Å². The van der Waals surface area contributed by atoms with Crippen molar-refractivity contribution >= 4 is 0 Å². The fourth-order valence-corrected chi connectivity index (χ4v) is 2.82. The van der Waals surface area contributed by atoms with Gasteiger partial charge in [0.25, 0.3) is 0 Å². The van der Waals surface area contributed by atoms with Crippen LogP contribution in [0.2, 0.25) is 0 Å². The second kappa shape index (κ2) is 6.10. The number of nitrogens with zero attached hydrogens (tertiary/aromatic N) is 2. The number of nitrogens with one attached hydrogen (secondary N) is 1. The third-order valence-electron chi connectivity index (χ3n) is 4.42. The molecule has 1 aromatic heterocycles. The quantitative estimate of drug-likeness (QED) is 0.917. The van der Waals surface area contributed by atoms with Crippen LogP contribution in [-0.2, 0) is 6.54 Å². The molecule has 1 fully saturated rings. The summed E-state index contributed by atoms with van der Waals surface area (Å²) in [5.74, 6) is 0.897. The van der Waals surface area contributed by atoms with Gasteiger partial charge in [0.2, 0.25) is 0 Å². The summed E-state index contributed by atoms with van der Waals surface area (Å²) in [6.07, 6.45) is 1.13. The van der Waals surface area contributed by atoms with E-state index in [2.05, 4.69) is 42.0 Å². The standard InChI is InChI=1S/C16H27N3O/c1-6-16(4)11-17-13(3)9-19(16)10-14-8-15(20-5)7-12(2)18-14/h7-8,13,17H,6,9-11H2,1-5H3. The molecule has 0 saturated carbocycles. The molecule has 2 heterocycles. The molecule has 2 unspecified atom stereocenters. The fraction of sp³-hybridized carbons (Fsp3) is 0.688. The molecule has 0 bridgehead atoms. The second-order valence-electron chi connectivity index (χ2n) is 6.15. The summed E-state index contributed by atoms with van der Waals surface area (Å²) >= 11 is 0. The third-order valence-corrected chi connectivity index (χ3v) is 4.42. The van der Waals surface area contributed by atoms with Crippen LogP contribution in [0, 0.1) is 6.92 Å². The summed E-state index contributed by atoms with van der Waals surface area (Å²) in [5.41, 5.74) is 2.31. The molecule has 0 amide bonds. The fourth-order valence-electron chi connectivity index (χ4n) is 2.82. The maximum atomic E-state index is 5.35. The Labute approximate surface area is 122 Å². The largest absolute Gasteiger partial charge is 0.497 e. The normalized spacial score (nSPS) is 27.6. The van der Waals surface area contributed by atoms with Crippen molar-refractivity contribution < 1.29 is 4.74 Å². The summed E-state index contributed by atoms with van der Waals surface area (Å²) in [6, 6.07) is 4.56. The van der Waals surface area contributed by atoms with Crippen molar-refractivity contribution in [3.8, 4) is 5.75 Å². The van der Waals surface area contributed by atoms with Gasteiger partial charge in [-0.1, -0.05) is 6.92 Å². The first kappa shape index (κ1) is 15.3. The molecule has 1 N–H and O–H groups in total. The lowest BCUT2D eigenvalue weighted by molar-refractivity contribution is 0.0441. The van der Waals surface area contributed by atoms with Gasteiger partial charge in [-0.05, 0) is 27.2 Å². The first-order valence-electron chi connectivity index (χ1n) is 7.47. The van der Waals surface area contributed by atoms with Crippen molar-refractivity contribution in [2.45, 2.75) is 52.2 Å². The van der Waals surface area contributed by atoms with Crippen LogP contribution in [-0.4, -0.2) is 41.7 Å². The molecule has 0 radical (unpaired) electrons. The van der Waals surface area contributed by atoms with E-state index in [9.17, 15) is 0 Å². The molecule has 4 heteroatoms. The summed E-state index contributed by atoms with van der Waals surface area (Å²) in [7, 11) is 1.71. The van der Waals surface area contributed by atoms with Gasteiger partial charge in [-0.2, -0.15) is 0 Å². The molecule has 4 nitrogen and oxygen atoms in total. The average molecular weight is 277 g/mol. The molecular weight excluding hydrogens is 250 g/mol. The van der Waals surface area contributed by atoms with E-state index in [-0.39, 0.29) is 5.54 Å². The maximum absolute atomic E-state index is 5.35. The van der Waals surface area contributed by atoms with Crippen LogP contribution in [0.15, 0.2) is 12.1 Å². The first-order valence-corrected chi connectivity index (χ1v) is 7.47. The van der Waals surface area contributed by atoms with Crippen LogP contribution in [0.25, 0.3) is 0 Å². The highest BCUT2D eigenvalue weighted by Gasteiger charge is 2.35. The van der Waals surface area contributed by atoms with Crippen LogP contribution in [0.1, 0.15) is 38.6 Å². The van der Waals surface area contributed by atoms with Crippen LogP contribution in [0.5, 0.6) is 5.75 Å². The summed E-state index contributed by atoms with van der Waals surface area (Å²) in [5, 5.41) is 3.59. The van der Waals surface area contributed by atoms with E-state index in [1.807, 2.05) is 13.0 Å². The lowest BCUT2D eigenvalue weighted by Gasteiger charge is -2.47. The molecule has 2 atom stereocenters. The van der Waals surface area contributed by atoms with E-state index in [1.54, 1.807) is 7.11 Å². The van der Waals surface area contributed by atoms with E-state index >= 15 is 0 Å². The number of rotatable bonds is 4. The SMILES string of the molecule is CCC1(C)CNC(C)CN1Cc1cc(OC)cc(C)n1. The van der Waals surface area contributed by atoms with E-state index in [4.69, 9.17) is 4.74 Å². The molecule has 1 aromatic rings. The Morgan fingerprint density at radius 2 is 2.25 bits per heavy atom. The zero-order valence-corrected chi connectivity index (χ0v) is 13.4. The molecule has 1 saturated heterocycles. The van der Waals surface area contributed by atoms with Crippen LogP contribution >= 0.6 is 0 Å². The molecule has 0 aliphatic carbocycles. The van der Waals surface area contributed by atoms with E-state index < -0.39 is 0 Å². The summed E-state index contributed by atoms with van der Waals surface area (Å²) in [6.45, 7) is 11.8. The first-order chi connectivity index (χ1) is 9.46. The van der Waals surface area contributed by atoms with Gasteiger partial charge in [0.15, 0.2) is 0 Å². The molecule has 1 aliphatic heterocycles. The number of piperazine rings is 1. The van der Waals surface area contributed by atoms with E-state index in [1.165, 1.54) is 0 Å². The van der Waals surface area contributed by atoms with Gasteiger partial charge in [0.1, 0.15) is 5.75 Å². The van der Waals surface area contributed by atoms with Gasteiger partial charge in [0, 0.05) is 49.0 Å². The Hall–Kier alpha value is -1.13. The van der Waals surface area contributed by atoms with Crippen molar-refractivity contribution in [2.24, 2.45) is 0 Å². The third kappa shape index (κ3) is 3.30. The maximum Gasteiger partial charge on any atom is 0.122 e. The number of hydrogen-bond donors (Lipinski definition) is 1. The number of pyridine rings is 1. The number of aryl methyl sites for hydroxylation is 1. The van der Waals surface area contributed by atoms with Crippen molar-refractivity contribution in [3.63, 3.8) is 0 Å². The Balaban J connectivity index is 2.20. The topological polar surface area (TPSA) is 37.4 Å². The minimum absolute atomic E-state index is 0.200. The highest BCUT2D eigenvalue weighted by atomic mass is 16.5. The lowest BCUT2D eigenvalue weighted by Crippen LogP contribution is -2.61. The number of aromatic nitrogens is 1. The van der Waals surface area contributed by atoms with Gasteiger partial charge >= 0.3 is 0 Å². The van der Waals surface area contributed by atoms with Gasteiger partial charge in [-0.3, -0.25) is 9.88 Å². The van der Waals surface area contributed by atoms with Crippen LogP contribution < -0.4 is 10.1 Å². The molecule has 0 aromatic carbocycles. The Bertz CT molecular complexity index is 463. The second-order valence-corrected chi connectivity index (χ2v) is 6.15. The highest BCUT2D eigenvalue weighted by molar-refractivity contribution is 5.26. The zero-order valence-electron chi connectivity index (χ0n) is 13.4. The van der Waals surface area contributed by atoms with Crippen molar-refractivity contribution in [1.29, 1.82) is 0 Å². The molecule has 0 spiro atoms. The minimum atomic E-state index is 0.200. The number of methoxy groups -OCH3 is 1.